The SMILES string of the molecule is CCNCc1ccn(CCc2ccccc2)c1. The Morgan fingerprint density at radius 3 is 2.65 bits per heavy atom. The van der Waals surface area contributed by atoms with Crippen LogP contribution in [0.5, 0.6) is 0 Å². The molecule has 90 valence electrons. The van der Waals surface area contributed by atoms with Crippen molar-refractivity contribution in [3.8, 4) is 0 Å². The Balaban J connectivity index is 1.85. The summed E-state index contributed by atoms with van der Waals surface area (Å²) in [4.78, 5) is 0. The smallest absolute Gasteiger partial charge is 0.0260 e. The van der Waals surface area contributed by atoms with Gasteiger partial charge in [0.15, 0.2) is 0 Å². The Bertz CT molecular complexity index is 431. The van der Waals surface area contributed by atoms with Crippen molar-refractivity contribution in [1.82, 2.24) is 9.88 Å². The second-order valence-corrected chi connectivity index (χ2v) is 4.27. The summed E-state index contributed by atoms with van der Waals surface area (Å²) in [5, 5.41) is 3.34. The van der Waals surface area contributed by atoms with Gasteiger partial charge in [-0.15, -0.1) is 0 Å². The lowest BCUT2D eigenvalue weighted by molar-refractivity contribution is 0.689. The molecular formula is C15H20N2. The van der Waals surface area contributed by atoms with Gasteiger partial charge in [-0.3, -0.25) is 0 Å². The van der Waals surface area contributed by atoms with Crippen LogP contribution in [0.4, 0.5) is 0 Å². The standard InChI is InChI=1S/C15H20N2/c1-2-16-12-15-9-11-17(13-15)10-8-14-6-4-3-5-7-14/h3-7,9,11,13,16H,2,8,10,12H2,1H3. The Morgan fingerprint density at radius 1 is 1.06 bits per heavy atom. The van der Waals surface area contributed by atoms with E-state index in [0.29, 0.717) is 0 Å². The van der Waals surface area contributed by atoms with Gasteiger partial charge in [0.1, 0.15) is 0 Å². The number of hydrogen-bond donors (Lipinski definition) is 1. The van der Waals surface area contributed by atoms with Crippen LogP contribution in [0.25, 0.3) is 0 Å². The molecule has 0 saturated carbocycles. The first kappa shape index (κ1) is 11.9. The fraction of sp³-hybridized carbons (Fsp3) is 0.333. The molecule has 2 heteroatoms. The van der Waals surface area contributed by atoms with E-state index in [1.54, 1.807) is 0 Å². The molecule has 0 fully saturated rings. The molecular weight excluding hydrogens is 208 g/mol. The highest BCUT2D eigenvalue weighted by atomic mass is 14.9. The molecule has 2 rings (SSSR count). The Kier molecular flexibility index (Phi) is 4.39. The fourth-order valence-corrected chi connectivity index (χ4v) is 1.91. The van der Waals surface area contributed by atoms with Crippen molar-refractivity contribution >= 4 is 0 Å². The molecule has 1 aromatic heterocycles. The molecule has 0 spiro atoms. The van der Waals surface area contributed by atoms with Crippen LogP contribution in [0.2, 0.25) is 0 Å². The van der Waals surface area contributed by atoms with Gasteiger partial charge >= 0.3 is 0 Å². The second kappa shape index (κ2) is 6.26. The fourth-order valence-electron chi connectivity index (χ4n) is 1.91. The third-order valence-electron chi connectivity index (χ3n) is 2.89. The first-order valence-corrected chi connectivity index (χ1v) is 6.28. The van der Waals surface area contributed by atoms with Gasteiger partial charge in [-0.05, 0) is 30.2 Å². The summed E-state index contributed by atoms with van der Waals surface area (Å²) in [7, 11) is 0. The summed E-state index contributed by atoms with van der Waals surface area (Å²) in [5.74, 6) is 0. The van der Waals surface area contributed by atoms with Gasteiger partial charge in [-0.2, -0.15) is 0 Å². The number of aryl methyl sites for hydroxylation is 2. The van der Waals surface area contributed by atoms with Crippen LogP contribution >= 0.6 is 0 Å². The Hall–Kier alpha value is -1.54. The maximum Gasteiger partial charge on any atom is 0.0260 e. The minimum atomic E-state index is 0.967. The molecule has 0 aliphatic rings. The minimum absolute atomic E-state index is 0.967. The van der Waals surface area contributed by atoms with Gasteiger partial charge in [-0.1, -0.05) is 37.3 Å². The molecule has 0 bridgehead atoms. The summed E-state index contributed by atoms with van der Waals surface area (Å²) >= 11 is 0. The summed E-state index contributed by atoms with van der Waals surface area (Å²) in [6.45, 7) is 5.17. The van der Waals surface area contributed by atoms with Crippen LogP contribution in [-0.2, 0) is 19.5 Å². The van der Waals surface area contributed by atoms with E-state index in [2.05, 4.69) is 65.6 Å². The third kappa shape index (κ3) is 3.75. The Labute approximate surface area is 103 Å². The number of benzene rings is 1. The number of nitrogens with one attached hydrogen (secondary N) is 1. The normalized spacial score (nSPS) is 10.6. The van der Waals surface area contributed by atoms with E-state index in [1.807, 2.05) is 0 Å². The van der Waals surface area contributed by atoms with Gasteiger partial charge in [0.25, 0.3) is 0 Å². The zero-order valence-corrected chi connectivity index (χ0v) is 10.4. The third-order valence-corrected chi connectivity index (χ3v) is 2.89. The van der Waals surface area contributed by atoms with Crippen LogP contribution in [0, 0.1) is 0 Å². The summed E-state index contributed by atoms with van der Waals surface area (Å²) < 4.78 is 2.26. The molecule has 0 saturated heterocycles. The maximum atomic E-state index is 3.34. The van der Waals surface area contributed by atoms with Gasteiger partial charge in [0.05, 0.1) is 0 Å². The molecule has 1 aromatic carbocycles. The topological polar surface area (TPSA) is 17.0 Å². The van der Waals surface area contributed by atoms with Crippen LogP contribution in [-0.4, -0.2) is 11.1 Å². The molecule has 0 atom stereocenters. The van der Waals surface area contributed by atoms with E-state index in [4.69, 9.17) is 0 Å². The molecule has 0 aliphatic heterocycles. The van der Waals surface area contributed by atoms with E-state index >= 15 is 0 Å². The highest BCUT2D eigenvalue weighted by Crippen LogP contribution is 2.05. The van der Waals surface area contributed by atoms with E-state index < -0.39 is 0 Å². The predicted octanol–water partition coefficient (Wildman–Crippen LogP) is 2.84. The maximum absolute atomic E-state index is 3.34. The van der Waals surface area contributed by atoms with Crippen molar-refractivity contribution in [3.05, 3.63) is 59.9 Å². The first-order valence-electron chi connectivity index (χ1n) is 6.28. The zero-order valence-electron chi connectivity index (χ0n) is 10.4. The van der Waals surface area contributed by atoms with Crippen LogP contribution in [0.15, 0.2) is 48.8 Å². The van der Waals surface area contributed by atoms with Crippen molar-refractivity contribution in [2.75, 3.05) is 6.54 Å². The lowest BCUT2D eigenvalue weighted by atomic mass is 10.1. The molecule has 2 aromatic rings. The molecule has 1 heterocycles. The largest absolute Gasteiger partial charge is 0.354 e. The molecule has 2 nitrogen and oxygen atoms in total. The molecule has 0 unspecified atom stereocenters. The van der Waals surface area contributed by atoms with Gasteiger partial charge in [0.2, 0.25) is 0 Å². The summed E-state index contributed by atoms with van der Waals surface area (Å²) in [6.07, 6.45) is 5.48. The van der Waals surface area contributed by atoms with Crippen molar-refractivity contribution in [3.63, 3.8) is 0 Å². The molecule has 0 radical (unpaired) electrons. The number of hydrogen-bond acceptors (Lipinski definition) is 1. The minimum Gasteiger partial charge on any atom is -0.354 e. The average molecular weight is 228 g/mol. The first-order chi connectivity index (χ1) is 8.38. The van der Waals surface area contributed by atoms with E-state index in [-0.39, 0.29) is 0 Å². The van der Waals surface area contributed by atoms with Crippen molar-refractivity contribution < 1.29 is 0 Å². The van der Waals surface area contributed by atoms with Crippen LogP contribution in [0.3, 0.4) is 0 Å². The van der Waals surface area contributed by atoms with Crippen LogP contribution in [0.1, 0.15) is 18.1 Å². The highest BCUT2D eigenvalue weighted by Gasteiger charge is 1.97. The summed E-state index contributed by atoms with van der Waals surface area (Å²) in [6, 6.07) is 12.8. The van der Waals surface area contributed by atoms with Crippen LogP contribution < -0.4 is 5.32 Å². The zero-order chi connectivity index (χ0) is 11.9. The summed E-state index contributed by atoms with van der Waals surface area (Å²) in [5.41, 5.74) is 2.76. The van der Waals surface area contributed by atoms with Crippen molar-refractivity contribution in [2.45, 2.75) is 26.4 Å². The molecule has 1 N–H and O–H groups in total. The van der Waals surface area contributed by atoms with Crippen molar-refractivity contribution in [2.24, 2.45) is 0 Å². The molecule has 0 aliphatic carbocycles. The lowest BCUT2D eigenvalue weighted by Gasteiger charge is -2.03. The second-order valence-electron chi connectivity index (χ2n) is 4.27. The van der Waals surface area contributed by atoms with Gasteiger partial charge < -0.3 is 9.88 Å². The number of rotatable bonds is 6. The van der Waals surface area contributed by atoms with Gasteiger partial charge in [-0.25, -0.2) is 0 Å². The van der Waals surface area contributed by atoms with E-state index in [9.17, 15) is 0 Å². The molecule has 17 heavy (non-hydrogen) atoms. The van der Waals surface area contributed by atoms with Crippen molar-refractivity contribution in [1.29, 1.82) is 0 Å². The highest BCUT2D eigenvalue weighted by molar-refractivity contribution is 5.15. The van der Waals surface area contributed by atoms with Gasteiger partial charge in [0, 0.05) is 25.5 Å². The Morgan fingerprint density at radius 2 is 1.88 bits per heavy atom. The monoisotopic (exact) mass is 228 g/mol. The predicted molar refractivity (Wildman–Crippen MR) is 72.0 cm³/mol. The molecule has 0 amide bonds. The number of aromatic nitrogens is 1. The van der Waals surface area contributed by atoms with E-state index in [0.717, 1.165) is 26.1 Å². The average Bonchev–Trinajstić information content (AvgIpc) is 2.83. The quantitative estimate of drug-likeness (QED) is 0.804. The van der Waals surface area contributed by atoms with E-state index in [1.165, 1.54) is 11.1 Å². The number of nitrogens with zero attached hydrogens (tertiary/aromatic N) is 1. The lowest BCUT2D eigenvalue weighted by Crippen LogP contribution is -2.11.